The minimum atomic E-state index is -0.351. The van der Waals surface area contributed by atoms with E-state index in [0.717, 1.165) is 11.8 Å². The van der Waals surface area contributed by atoms with E-state index in [2.05, 4.69) is 19.9 Å². The van der Waals surface area contributed by atoms with E-state index in [4.69, 9.17) is 28.9 Å². The number of hydrogen-bond donors (Lipinski definition) is 2. The molecule has 2 rings (SSSR count). The van der Waals surface area contributed by atoms with Gasteiger partial charge < -0.3 is 10.7 Å². The Morgan fingerprint density at radius 1 is 1.35 bits per heavy atom. The van der Waals surface area contributed by atoms with Gasteiger partial charge >= 0.3 is 0 Å². The van der Waals surface area contributed by atoms with Gasteiger partial charge in [-0.25, -0.2) is 15.0 Å². The number of aromatic amines is 1. The lowest BCUT2D eigenvalue weighted by Gasteiger charge is -2.02. The molecule has 88 valence electrons. The molecule has 2 heterocycles. The molecule has 0 bridgehead atoms. The molecule has 0 spiro atoms. The van der Waals surface area contributed by atoms with Gasteiger partial charge in [0.05, 0.1) is 11.2 Å². The summed E-state index contributed by atoms with van der Waals surface area (Å²) in [7, 11) is 0. The van der Waals surface area contributed by atoms with Crippen LogP contribution in [0.25, 0.3) is 0 Å². The Labute approximate surface area is 110 Å². The van der Waals surface area contributed by atoms with Crippen LogP contribution in [0.15, 0.2) is 27.2 Å². The number of nitrogens with two attached hydrogens (primary N) is 1. The summed E-state index contributed by atoms with van der Waals surface area (Å²) >= 11 is 12.5. The molecule has 0 atom stereocenters. The van der Waals surface area contributed by atoms with Crippen molar-refractivity contribution in [3.8, 4) is 0 Å². The SMILES string of the molecule is Nc1cc(=O)[nH]c(Sc2nc(Cl)ncc2Cl)n1. The van der Waals surface area contributed by atoms with Crippen LogP contribution in [0.5, 0.6) is 0 Å². The smallest absolute Gasteiger partial charge is 0.253 e. The van der Waals surface area contributed by atoms with Crippen molar-refractivity contribution in [1.29, 1.82) is 0 Å². The Kier molecular flexibility index (Phi) is 3.51. The van der Waals surface area contributed by atoms with Crippen molar-refractivity contribution in [2.75, 3.05) is 5.73 Å². The number of nitrogens with zero attached hydrogens (tertiary/aromatic N) is 3. The standard InChI is InChI=1S/C8H5Cl2N5OS/c9-3-2-12-7(10)15-6(3)17-8-13-4(11)1-5(16)14-8/h1-2H,(H3,11,13,14,16). The monoisotopic (exact) mass is 289 g/mol. The first-order valence-corrected chi connectivity index (χ1v) is 5.84. The average molecular weight is 290 g/mol. The normalized spacial score (nSPS) is 10.5. The van der Waals surface area contributed by atoms with Crippen LogP contribution in [0.2, 0.25) is 10.3 Å². The van der Waals surface area contributed by atoms with Crippen LogP contribution >= 0.6 is 35.0 Å². The Bertz CT molecular complexity index is 617. The van der Waals surface area contributed by atoms with E-state index in [0.29, 0.717) is 10.0 Å². The molecule has 9 heteroatoms. The first kappa shape index (κ1) is 12.2. The fourth-order valence-corrected chi connectivity index (χ4v) is 2.15. The van der Waals surface area contributed by atoms with Crippen molar-refractivity contribution in [3.05, 3.63) is 32.9 Å². The number of hydrogen-bond acceptors (Lipinski definition) is 6. The zero-order valence-corrected chi connectivity index (χ0v) is 10.5. The molecule has 0 saturated carbocycles. The number of halogens is 2. The molecule has 2 aromatic heterocycles. The van der Waals surface area contributed by atoms with Crippen LogP contribution in [-0.4, -0.2) is 19.9 Å². The number of nitrogens with one attached hydrogen (secondary N) is 1. The molecule has 0 aliphatic rings. The Hall–Kier alpha value is -1.31. The summed E-state index contributed by atoms with van der Waals surface area (Å²) in [6, 6.07) is 1.18. The van der Waals surface area contributed by atoms with Gasteiger partial charge in [0.1, 0.15) is 10.8 Å². The summed E-state index contributed by atoms with van der Waals surface area (Å²) in [6.45, 7) is 0. The molecule has 0 aliphatic carbocycles. The first-order valence-electron chi connectivity index (χ1n) is 4.27. The Morgan fingerprint density at radius 2 is 2.12 bits per heavy atom. The van der Waals surface area contributed by atoms with E-state index < -0.39 is 0 Å². The minimum Gasteiger partial charge on any atom is -0.383 e. The van der Waals surface area contributed by atoms with Crippen LogP contribution in [0.3, 0.4) is 0 Å². The molecule has 3 N–H and O–H groups in total. The lowest BCUT2D eigenvalue weighted by atomic mass is 10.6. The maximum absolute atomic E-state index is 11.2. The number of H-pyrrole nitrogens is 1. The third-order valence-electron chi connectivity index (χ3n) is 1.62. The first-order chi connectivity index (χ1) is 8.04. The van der Waals surface area contributed by atoms with Gasteiger partial charge in [0.2, 0.25) is 5.28 Å². The molecule has 0 fully saturated rings. The van der Waals surface area contributed by atoms with Crippen molar-refractivity contribution in [2.45, 2.75) is 10.2 Å². The predicted octanol–water partition coefficient (Wildman–Crippen LogP) is 1.60. The average Bonchev–Trinajstić information content (AvgIpc) is 2.22. The second-order valence-electron chi connectivity index (χ2n) is 2.87. The molecular weight excluding hydrogens is 285 g/mol. The maximum Gasteiger partial charge on any atom is 0.253 e. The molecule has 17 heavy (non-hydrogen) atoms. The van der Waals surface area contributed by atoms with E-state index in [1.54, 1.807) is 0 Å². The van der Waals surface area contributed by atoms with E-state index in [1.165, 1.54) is 12.3 Å². The molecule has 0 radical (unpaired) electrons. The van der Waals surface area contributed by atoms with Gasteiger partial charge in [-0.3, -0.25) is 4.79 Å². The lowest BCUT2D eigenvalue weighted by molar-refractivity contribution is 0.937. The van der Waals surface area contributed by atoms with Crippen LogP contribution in [0.1, 0.15) is 0 Å². The largest absolute Gasteiger partial charge is 0.383 e. The van der Waals surface area contributed by atoms with Crippen LogP contribution in [0, 0.1) is 0 Å². The van der Waals surface area contributed by atoms with E-state index in [1.807, 2.05) is 0 Å². The highest BCUT2D eigenvalue weighted by Crippen LogP contribution is 2.29. The van der Waals surface area contributed by atoms with Crippen molar-refractivity contribution in [1.82, 2.24) is 19.9 Å². The topological polar surface area (TPSA) is 97.6 Å². The molecule has 6 nitrogen and oxygen atoms in total. The number of aromatic nitrogens is 4. The van der Waals surface area contributed by atoms with Crippen LogP contribution in [0.4, 0.5) is 5.82 Å². The van der Waals surface area contributed by atoms with Gasteiger partial charge in [-0.1, -0.05) is 11.6 Å². The summed E-state index contributed by atoms with van der Waals surface area (Å²) in [5.41, 5.74) is 5.09. The van der Waals surface area contributed by atoms with E-state index >= 15 is 0 Å². The summed E-state index contributed by atoms with van der Waals surface area (Å²) in [5, 5.41) is 1.04. The van der Waals surface area contributed by atoms with Crippen molar-refractivity contribution >= 4 is 40.8 Å². The zero-order chi connectivity index (χ0) is 12.4. The number of anilines is 1. The molecule has 0 aromatic carbocycles. The molecule has 2 aromatic rings. The van der Waals surface area contributed by atoms with Gasteiger partial charge in [-0.15, -0.1) is 0 Å². The highest BCUT2D eigenvalue weighted by molar-refractivity contribution is 7.99. The summed E-state index contributed by atoms with van der Waals surface area (Å²) in [5.74, 6) is 0.118. The predicted molar refractivity (Wildman–Crippen MR) is 65.4 cm³/mol. The van der Waals surface area contributed by atoms with Gasteiger partial charge in [0.15, 0.2) is 5.16 Å². The number of rotatable bonds is 2. The second kappa shape index (κ2) is 4.91. The van der Waals surface area contributed by atoms with E-state index in [9.17, 15) is 4.79 Å². The van der Waals surface area contributed by atoms with Gasteiger partial charge in [0.25, 0.3) is 5.56 Å². The van der Waals surface area contributed by atoms with E-state index in [-0.39, 0.29) is 21.8 Å². The van der Waals surface area contributed by atoms with Crippen molar-refractivity contribution in [3.63, 3.8) is 0 Å². The molecule has 0 saturated heterocycles. The Balaban J connectivity index is 2.37. The van der Waals surface area contributed by atoms with Gasteiger partial charge in [-0.05, 0) is 23.4 Å². The third kappa shape index (κ3) is 3.09. The summed E-state index contributed by atoms with van der Waals surface area (Å²) in [4.78, 5) is 25.2. The minimum absolute atomic E-state index is 0.0585. The van der Waals surface area contributed by atoms with Crippen LogP contribution in [-0.2, 0) is 0 Å². The maximum atomic E-state index is 11.2. The fourth-order valence-electron chi connectivity index (χ4n) is 0.996. The highest BCUT2D eigenvalue weighted by Gasteiger charge is 2.08. The molecule has 0 amide bonds. The van der Waals surface area contributed by atoms with Crippen molar-refractivity contribution < 1.29 is 0 Å². The molecule has 0 unspecified atom stereocenters. The Morgan fingerprint density at radius 3 is 2.82 bits per heavy atom. The summed E-state index contributed by atoms with van der Waals surface area (Å²) in [6.07, 6.45) is 1.36. The highest BCUT2D eigenvalue weighted by atomic mass is 35.5. The van der Waals surface area contributed by atoms with Gasteiger partial charge in [0, 0.05) is 6.07 Å². The number of nitrogen functional groups attached to an aromatic ring is 1. The van der Waals surface area contributed by atoms with Crippen LogP contribution < -0.4 is 11.3 Å². The third-order valence-corrected chi connectivity index (χ3v) is 3.08. The molecular formula is C8H5Cl2N5OS. The molecule has 0 aliphatic heterocycles. The fraction of sp³-hybridized carbons (Fsp3) is 0. The second-order valence-corrected chi connectivity index (χ2v) is 4.59. The van der Waals surface area contributed by atoms with Gasteiger partial charge in [-0.2, -0.15) is 0 Å². The lowest BCUT2D eigenvalue weighted by Crippen LogP contribution is -2.09. The quantitative estimate of drug-likeness (QED) is 0.644. The van der Waals surface area contributed by atoms with Crippen molar-refractivity contribution in [2.24, 2.45) is 0 Å². The zero-order valence-electron chi connectivity index (χ0n) is 8.15. The summed E-state index contributed by atoms with van der Waals surface area (Å²) < 4.78 is 0.